The summed E-state index contributed by atoms with van der Waals surface area (Å²) in [5.74, 6) is 1.31. The monoisotopic (exact) mass is 273 g/mol. The highest BCUT2D eigenvalue weighted by molar-refractivity contribution is 9.10. The molecule has 1 aromatic carbocycles. The Morgan fingerprint density at radius 3 is 2.87 bits per heavy atom. The molecule has 1 heterocycles. The van der Waals surface area contributed by atoms with Gasteiger partial charge in [0.2, 0.25) is 6.79 Å². The van der Waals surface area contributed by atoms with Gasteiger partial charge in [-0.25, -0.2) is 0 Å². The molecule has 0 spiro atoms. The largest absolute Gasteiger partial charge is 0.454 e. The SMILES string of the molecule is CC(N)C(O)c1cc(Br)c2c(c1)OCO2. The van der Waals surface area contributed by atoms with Gasteiger partial charge in [0.15, 0.2) is 11.5 Å². The van der Waals surface area contributed by atoms with E-state index < -0.39 is 6.10 Å². The smallest absolute Gasteiger partial charge is 0.231 e. The summed E-state index contributed by atoms with van der Waals surface area (Å²) in [4.78, 5) is 0. The van der Waals surface area contributed by atoms with Crippen LogP contribution in [0.5, 0.6) is 11.5 Å². The predicted octanol–water partition coefficient (Wildman–Crippen LogP) is 1.56. The summed E-state index contributed by atoms with van der Waals surface area (Å²) in [7, 11) is 0. The van der Waals surface area contributed by atoms with Gasteiger partial charge in [0.05, 0.1) is 10.6 Å². The summed E-state index contributed by atoms with van der Waals surface area (Å²) in [6.45, 7) is 1.97. The Bertz CT molecular complexity index is 381. The topological polar surface area (TPSA) is 64.7 Å². The third kappa shape index (κ3) is 1.95. The highest BCUT2D eigenvalue weighted by Crippen LogP contribution is 2.41. The van der Waals surface area contributed by atoms with Crippen molar-refractivity contribution < 1.29 is 14.6 Å². The van der Waals surface area contributed by atoms with Gasteiger partial charge < -0.3 is 20.3 Å². The first kappa shape index (κ1) is 10.7. The summed E-state index contributed by atoms with van der Waals surface area (Å²) >= 11 is 3.36. The summed E-state index contributed by atoms with van der Waals surface area (Å²) in [6, 6.07) is 3.22. The number of benzene rings is 1. The molecular formula is C10H12BrNO3. The molecule has 0 aromatic heterocycles. The Morgan fingerprint density at radius 2 is 2.20 bits per heavy atom. The molecule has 0 aliphatic carbocycles. The number of nitrogens with two attached hydrogens (primary N) is 1. The van der Waals surface area contributed by atoms with Gasteiger partial charge in [-0.2, -0.15) is 0 Å². The lowest BCUT2D eigenvalue weighted by molar-refractivity contribution is 0.152. The van der Waals surface area contributed by atoms with Crippen LogP contribution in [0.3, 0.4) is 0 Å². The summed E-state index contributed by atoms with van der Waals surface area (Å²) in [5.41, 5.74) is 6.35. The maximum atomic E-state index is 9.81. The molecule has 5 heteroatoms. The van der Waals surface area contributed by atoms with Crippen molar-refractivity contribution in [3.05, 3.63) is 22.2 Å². The number of ether oxygens (including phenoxy) is 2. The van der Waals surface area contributed by atoms with E-state index in [1.165, 1.54) is 0 Å². The number of hydrogen-bond donors (Lipinski definition) is 2. The molecule has 0 bridgehead atoms. The molecule has 82 valence electrons. The van der Waals surface area contributed by atoms with E-state index in [1.807, 2.05) is 0 Å². The molecule has 0 amide bonds. The van der Waals surface area contributed by atoms with Gasteiger partial charge >= 0.3 is 0 Å². The Morgan fingerprint density at radius 1 is 1.47 bits per heavy atom. The quantitative estimate of drug-likeness (QED) is 0.859. The van der Waals surface area contributed by atoms with Gasteiger partial charge in [-0.3, -0.25) is 0 Å². The Hall–Kier alpha value is -0.780. The zero-order valence-corrected chi connectivity index (χ0v) is 9.82. The first-order valence-corrected chi connectivity index (χ1v) is 5.41. The Labute approximate surface area is 96.1 Å². The van der Waals surface area contributed by atoms with Gasteiger partial charge in [-0.05, 0) is 40.5 Å². The minimum atomic E-state index is -0.698. The van der Waals surface area contributed by atoms with Crippen LogP contribution in [0, 0.1) is 0 Å². The molecule has 0 saturated carbocycles. The van der Waals surface area contributed by atoms with E-state index >= 15 is 0 Å². The second-order valence-corrected chi connectivity index (χ2v) is 4.39. The van der Waals surface area contributed by atoms with Crippen molar-refractivity contribution in [2.45, 2.75) is 19.1 Å². The van der Waals surface area contributed by atoms with Crippen molar-refractivity contribution in [2.24, 2.45) is 5.73 Å². The van der Waals surface area contributed by atoms with Crippen molar-refractivity contribution in [3.63, 3.8) is 0 Å². The zero-order valence-electron chi connectivity index (χ0n) is 8.24. The molecular weight excluding hydrogens is 262 g/mol. The van der Waals surface area contributed by atoms with Crippen molar-refractivity contribution in [3.8, 4) is 11.5 Å². The maximum absolute atomic E-state index is 9.81. The highest BCUT2D eigenvalue weighted by atomic mass is 79.9. The molecule has 4 nitrogen and oxygen atoms in total. The summed E-state index contributed by atoms with van der Waals surface area (Å²) < 4.78 is 11.3. The van der Waals surface area contributed by atoms with Crippen LogP contribution in [0.25, 0.3) is 0 Å². The van der Waals surface area contributed by atoms with E-state index in [2.05, 4.69) is 15.9 Å². The normalized spacial score (nSPS) is 17.6. The molecule has 1 aliphatic heterocycles. The van der Waals surface area contributed by atoms with Gasteiger partial charge in [0.1, 0.15) is 0 Å². The third-order valence-corrected chi connectivity index (χ3v) is 2.88. The van der Waals surface area contributed by atoms with E-state index in [0.29, 0.717) is 11.5 Å². The van der Waals surface area contributed by atoms with Crippen LogP contribution >= 0.6 is 15.9 Å². The second kappa shape index (κ2) is 4.00. The second-order valence-electron chi connectivity index (χ2n) is 3.54. The van der Waals surface area contributed by atoms with E-state index in [-0.39, 0.29) is 12.8 Å². The number of aliphatic hydroxyl groups is 1. The van der Waals surface area contributed by atoms with E-state index in [0.717, 1.165) is 10.0 Å². The molecule has 0 saturated heterocycles. The van der Waals surface area contributed by atoms with Crippen LogP contribution < -0.4 is 15.2 Å². The maximum Gasteiger partial charge on any atom is 0.231 e. The number of aliphatic hydroxyl groups excluding tert-OH is 1. The molecule has 15 heavy (non-hydrogen) atoms. The average Bonchev–Trinajstić information content (AvgIpc) is 2.64. The molecule has 2 unspecified atom stereocenters. The molecule has 1 aromatic rings. The molecule has 1 aliphatic rings. The summed E-state index contributed by atoms with van der Waals surface area (Å²) in [5, 5.41) is 9.81. The molecule has 0 radical (unpaired) electrons. The minimum absolute atomic E-state index is 0.214. The predicted molar refractivity (Wildman–Crippen MR) is 58.9 cm³/mol. The van der Waals surface area contributed by atoms with E-state index in [9.17, 15) is 5.11 Å². The lowest BCUT2D eigenvalue weighted by Crippen LogP contribution is -2.24. The molecule has 2 rings (SSSR count). The average molecular weight is 274 g/mol. The van der Waals surface area contributed by atoms with Gasteiger partial charge in [-0.1, -0.05) is 0 Å². The first-order chi connectivity index (χ1) is 7.09. The fourth-order valence-corrected chi connectivity index (χ4v) is 2.04. The fourth-order valence-electron chi connectivity index (χ4n) is 1.46. The van der Waals surface area contributed by atoms with Crippen molar-refractivity contribution >= 4 is 15.9 Å². The van der Waals surface area contributed by atoms with Crippen molar-refractivity contribution in [1.82, 2.24) is 0 Å². The lowest BCUT2D eigenvalue weighted by atomic mass is 10.0. The highest BCUT2D eigenvalue weighted by Gasteiger charge is 2.21. The van der Waals surface area contributed by atoms with E-state index in [4.69, 9.17) is 15.2 Å². The standard InChI is InChI=1S/C10H12BrNO3/c1-5(12)9(13)6-2-7(11)10-8(3-6)14-4-15-10/h2-3,5,9,13H,4,12H2,1H3. The Kier molecular flexibility index (Phi) is 2.86. The fraction of sp³-hybridized carbons (Fsp3) is 0.400. The third-order valence-electron chi connectivity index (χ3n) is 2.29. The van der Waals surface area contributed by atoms with Crippen LogP contribution in [0.1, 0.15) is 18.6 Å². The van der Waals surface area contributed by atoms with Crippen LogP contribution in [-0.2, 0) is 0 Å². The van der Waals surface area contributed by atoms with Crippen LogP contribution in [-0.4, -0.2) is 17.9 Å². The molecule has 0 fully saturated rings. The van der Waals surface area contributed by atoms with Gasteiger partial charge in [0, 0.05) is 6.04 Å². The molecule has 3 N–H and O–H groups in total. The number of halogens is 1. The Balaban J connectivity index is 2.39. The van der Waals surface area contributed by atoms with Gasteiger partial charge in [0.25, 0.3) is 0 Å². The lowest BCUT2D eigenvalue weighted by Gasteiger charge is -2.15. The zero-order chi connectivity index (χ0) is 11.0. The number of rotatable bonds is 2. The number of hydrogen-bond acceptors (Lipinski definition) is 4. The van der Waals surface area contributed by atoms with Crippen molar-refractivity contribution in [2.75, 3.05) is 6.79 Å². The van der Waals surface area contributed by atoms with Crippen LogP contribution in [0.15, 0.2) is 16.6 Å². The van der Waals surface area contributed by atoms with Crippen LogP contribution in [0.2, 0.25) is 0 Å². The molecule has 2 atom stereocenters. The summed E-state index contributed by atoms with van der Waals surface area (Å²) in [6.07, 6.45) is -0.698. The van der Waals surface area contributed by atoms with Crippen LogP contribution in [0.4, 0.5) is 0 Å². The minimum Gasteiger partial charge on any atom is -0.454 e. The van der Waals surface area contributed by atoms with Crippen molar-refractivity contribution in [1.29, 1.82) is 0 Å². The van der Waals surface area contributed by atoms with E-state index in [1.54, 1.807) is 19.1 Å². The number of fused-ring (bicyclic) bond motifs is 1. The van der Waals surface area contributed by atoms with Gasteiger partial charge in [-0.15, -0.1) is 0 Å². The first-order valence-electron chi connectivity index (χ1n) is 4.62.